The van der Waals surface area contributed by atoms with Crippen LogP contribution in [0.3, 0.4) is 0 Å². The first-order chi connectivity index (χ1) is 15.6. The van der Waals surface area contributed by atoms with Gasteiger partial charge in [-0.25, -0.2) is 15.0 Å². The number of rotatable bonds is 6. The van der Waals surface area contributed by atoms with Crippen molar-refractivity contribution >= 4 is 17.1 Å². The lowest BCUT2D eigenvalue weighted by atomic mass is 10.2. The largest absolute Gasteiger partial charge is 0.448 e. The molecule has 0 saturated heterocycles. The number of hydrogen-bond donors (Lipinski definition) is 1. The van der Waals surface area contributed by atoms with Gasteiger partial charge in [0.2, 0.25) is 5.89 Å². The minimum atomic E-state index is -0.294. The Morgan fingerprint density at radius 3 is 2.97 bits per heavy atom. The lowest BCUT2D eigenvalue weighted by molar-refractivity contribution is 0.0945. The summed E-state index contributed by atoms with van der Waals surface area (Å²) in [4.78, 5) is 26.0. The highest BCUT2D eigenvalue weighted by molar-refractivity contribution is 5.91. The monoisotopic (exact) mass is 426 g/mol. The summed E-state index contributed by atoms with van der Waals surface area (Å²) >= 11 is 0. The Bertz CT molecular complexity index is 1460. The Hall–Kier alpha value is -3.94. The zero-order valence-electron chi connectivity index (χ0n) is 17.7. The molecular weight excluding hydrogens is 404 g/mol. The summed E-state index contributed by atoms with van der Waals surface area (Å²) in [5.41, 5.74) is 6.28. The number of oxazole rings is 1. The fourth-order valence-corrected chi connectivity index (χ4v) is 3.99. The molecule has 0 radical (unpaired) electrons. The molecule has 1 aliphatic rings. The Morgan fingerprint density at radius 2 is 2.09 bits per heavy atom. The number of amides is 1. The van der Waals surface area contributed by atoms with E-state index in [-0.39, 0.29) is 11.6 Å². The minimum Gasteiger partial charge on any atom is -0.448 e. The van der Waals surface area contributed by atoms with Crippen molar-refractivity contribution in [3.05, 3.63) is 89.5 Å². The Balaban J connectivity index is 1.13. The molecule has 1 N–H and O–H groups in total. The van der Waals surface area contributed by atoms with Gasteiger partial charge >= 0.3 is 0 Å². The van der Waals surface area contributed by atoms with Crippen LogP contribution in [0.2, 0.25) is 0 Å². The van der Waals surface area contributed by atoms with Crippen LogP contribution >= 0.6 is 0 Å². The summed E-state index contributed by atoms with van der Waals surface area (Å²) < 4.78 is 9.53. The van der Waals surface area contributed by atoms with Crippen LogP contribution in [0, 0.1) is 6.92 Å². The molecule has 5 aromatic rings. The van der Waals surface area contributed by atoms with Gasteiger partial charge in [0.1, 0.15) is 11.9 Å². The molecule has 8 nitrogen and oxygen atoms in total. The van der Waals surface area contributed by atoms with Gasteiger partial charge in [0, 0.05) is 18.6 Å². The van der Waals surface area contributed by atoms with E-state index in [2.05, 4.69) is 36.9 Å². The third-order valence-electron chi connectivity index (χ3n) is 5.88. The zero-order valence-corrected chi connectivity index (χ0v) is 17.7. The van der Waals surface area contributed by atoms with Crippen LogP contribution in [-0.4, -0.2) is 29.7 Å². The van der Waals surface area contributed by atoms with E-state index in [1.807, 2.05) is 41.9 Å². The third kappa shape index (κ3) is 3.53. The fourth-order valence-electron chi connectivity index (χ4n) is 3.99. The lowest BCUT2D eigenvalue weighted by Crippen LogP contribution is -2.23. The van der Waals surface area contributed by atoms with Gasteiger partial charge in [-0.2, -0.15) is 0 Å². The van der Waals surface area contributed by atoms with Crippen molar-refractivity contribution in [2.24, 2.45) is 0 Å². The SMILES string of the molecule is Cc1ccn2cnc(CNC(=O)c3coc(Cc4cn5cc(C6CC6)ccc5n4)n3)c2c1. The van der Waals surface area contributed by atoms with E-state index in [1.54, 1.807) is 6.33 Å². The summed E-state index contributed by atoms with van der Waals surface area (Å²) in [5, 5.41) is 2.88. The van der Waals surface area contributed by atoms with Gasteiger partial charge in [-0.15, -0.1) is 0 Å². The van der Waals surface area contributed by atoms with Crippen LogP contribution in [0.15, 0.2) is 59.9 Å². The fraction of sp³-hybridized carbons (Fsp3) is 0.250. The summed E-state index contributed by atoms with van der Waals surface area (Å²) in [5.74, 6) is 0.865. The topological polar surface area (TPSA) is 89.7 Å². The highest BCUT2D eigenvalue weighted by Gasteiger charge is 2.24. The molecule has 0 unspecified atom stereocenters. The molecule has 1 saturated carbocycles. The Morgan fingerprint density at radius 1 is 1.19 bits per heavy atom. The number of nitrogens with zero attached hydrogens (tertiary/aromatic N) is 5. The first-order valence-corrected chi connectivity index (χ1v) is 10.7. The van der Waals surface area contributed by atoms with Crippen molar-refractivity contribution in [1.29, 1.82) is 0 Å². The molecule has 0 spiro atoms. The number of nitrogens with one attached hydrogen (secondary N) is 1. The normalized spacial score (nSPS) is 13.8. The summed E-state index contributed by atoms with van der Waals surface area (Å²) in [6, 6.07) is 8.27. The van der Waals surface area contributed by atoms with Gasteiger partial charge in [0.25, 0.3) is 5.91 Å². The van der Waals surface area contributed by atoms with E-state index in [4.69, 9.17) is 4.42 Å². The second-order valence-corrected chi connectivity index (χ2v) is 8.41. The summed E-state index contributed by atoms with van der Waals surface area (Å²) in [6.45, 7) is 2.35. The molecule has 6 rings (SSSR count). The second-order valence-electron chi connectivity index (χ2n) is 8.41. The maximum atomic E-state index is 12.6. The predicted molar refractivity (Wildman–Crippen MR) is 118 cm³/mol. The van der Waals surface area contributed by atoms with E-state index >= 15 is 0 Å². The van der Waals surface area contributed by atoms with Crippen molar-refractivity contribution in [1.82, 2.24) is 29.1 Å². The first kappa shape index (κ1) is 18.8. The second kappa shape index (κ2) is 7.33. The highest BCUT2D eigenvalue weighted by atomic mass is 16.3. The van der Waals surface area contributed by atoms with E-state index in [0.29, 0.717) is 24.8 Å². The van der Waals surface area contributed by atoms with Gasteiger partial charge in [0.05, 0.1) is 36.2 Å². The van der Waals surface area contributed by atoms with E-state index in [9.17, 15) is 4.79 Å². The Kier molecular flexibility index (Phi) is 4.31. The number of hydrogen-bond acceptors (Lipinski definition) is 5. The molecule has 8 heteroatoms. The van der Waals surface area contributed by atoms with Crippen molar-refractivity contribution in [3.63, 3.8) is 0 Å². The number of carbonyl (C=O) groups excluding carboxylic acids is 1. The van der Waals surface area contributed by atoms with E-state index in [0.717, 1.165) is 28.1 Å². The van der Waals surface area contributed by atoms with Gasteiger partial charge in [0.15, 0.2) is 5.69 Å². The van der Waals surface area contributed by atoms with E-state index in [1.165, 1.54) is 24.7 Å². The molecular formula is C24H22N6O2. The van der Waals surface area contributed by atoms with Crippen molar-refractivity contribution < 1.29 is 9.21 Å². The maximum absolute atomic E-state index is 12.6. The van der Waals surface area contributed by atoms with Crippen LogP contribution in [-0.2, 0) is 13.0 Å². The maximum Gasteiger partial charge on any atom is 0.273 e. The minimum absolute atomic E-state index is 0.250. The molecule has 1 aliphatic carbocycles. The Labute approximate surface area is 183 Å². The van der Waals surface area contributed by atoms with Crippen LogP contribution < -0.4 is 5.32 Å². The van der Waals surface area contributed by atoms with Crippen molar-refractivity contribution in [2.45, 2.75) is 38.6 Å². The highest BCUT2D eigenvalue weighted by Crippen LogP contribution is 2.39. The van der Waals surface area contributed by atoms with E-state index < -0.39 is 0 Å². The number of aromatic nitrogens is 5. The molecule has 5 heterocycles. The van der Waals surface area contributed by atoms with Gasteiger partial charge in [-0.3, -0.25) is 4.79 Å². The number of pyridine rings is 2. The molecule has 1 amide bonds. The number of aryl methyl sites for hydroxylation is 1. The first-order valence-electron chi connectivity index (χ1n) is 10.7. The van der Waals surface area contributed by atoms with Crippen molar-refractivity contribution in [2.75, 3.05) is 0 Å². The van der Waals surface area contributed by atoms with Crippen LogP contribution in [0.5, 0.6) is 0 Å². The van der Waals surface area contributed by atoms with Crippen molar-refractivity contribution in [3.8, 4) is 0 Å². The zero-order chi connectivity index (χ0) is 21.7. The smallest absolute Gasteiger partial charge is 0.273 e. The van der Waals surface area contributed by atoms with Crippen LogP contribution in [0.25, 0.3) is 11.2 Å². The average Bonchev–Trinajstić information content (AvgIpc) is 3.21. The molecule has 0 bridgehead atoms. The predicted octanol–water partition coefficient (Wildman–Crippen LogP) is 3.68. The summed E-state index contributed by atoms with van der Waals surface area (Å²) in [7, 11) is 0. The molecule has 0 aliphatic heterocycles. The van der Waals surface area contributed by atoms with Crippen LogP contribution in [0.1, 0.15) is 57.7 Å². The summed E-state index contributed by atoms with van der Waals surface area (Å²) in [6.07, 6.45) is 12.2. The third-order valence-corrected chi connectivity index (χ3v) is 5.88. The molecule has 160 valence electrons. The van der Waals surface area contributed by atoms with Gasteiger partial charge in [-0.1, -0.05) is 6.07 Å². The molecule has 32 heavy (non-hydrogen) atoms. The standard InChI is InChI=1S/C24H22N6O2/c1-15-6-7-29-14-26-19(21(29)8-15)10-25-24(31)20-13-32-23(28-20)9-18-12-30-11-17(16-2-3-16)4-5-22(30)27-18/h4-8,11-14,16H,2-3,9-10H2,1H3,(H,25,31). The van der Waals surface area contributed by atoms with Gasteiger partial charge < -0.3 is 18.5 Å². The number of carbonyl (C=O) groups is 1. The average molecular weight is 426 g/mol. The quantitative estimate of drug-likeness (QED) is 0.447. The van der Waals surface area contributed by atoms with Crippen LogP contribution in [0.4, 0.5) is 0 Å². The molecule has 0 atom stereocenters. The number of imidazole rings is 2. The molecule has 0 aromatic carbocycles. The molecule has 5 aromatic heterocycles. The number of fused-ring (bicyclic) bond motifs is 2. The van der Waals surface area contributed by atoms with Gasteiger partial charge in [-0.05, 0) is 55.0 Å². The molecule has 1 fully saturated rings. The lowest BCUT2D eigenvalue weighted by Gasteiger charge is -2.02.